The van der Waals surface area contributed by atoms with Crippen molar-refractivity contribution in [3.05, 3.63) is 47.7 Å². The van der Waals surface area contributed by atoms with Crippen LogP contribution < -0.4 is 10.2 Å². The Bertz CT molecular complexity index is 693. The Morgan fingerprint density at radius 3 is 2.56 bits per heavy atom. The lowest BCUT2D eigenvalue weighted by atomic mass is 9.90. The van der Waals surface area contributed by atoms with E-state index in [9.17, 15) is 0 Å². The van der Waals surface area contributed by atoms with Crippen LogP contribution in [0.1, 0.15) is 30.5 Å². The number of anilines is 2. The van der Waals surface area contributed by atoms with Crippen LogP contribution in [0.3, 0.4) is 0 Å². The summed E-state index contributed by atoms with van der Waals surface area (Å²) in [5, 5.41) is 3.39. The summed E-state index contributed by atoms with van der Waals surface area (Å²) in [5.41, 5.74) is 2.49. The molecule has 0 radical (unpaired) electrons. The minimum Gasteiger partial charge on any atom is -0.356 e. The standard InChI is InChI=1S/C22H33N5/c1-18-16-21(25-22(24-18)23-12-7-13-26(2)3)27-14-10-20(11-15-27)17-19-8-5-4-6-9-19/h4-6,8-9,16,20H,7,10-15,17H2,1-3H3,(H,23,24,25). The maximum absolute atomic E-state index is 4.77. The summed E-state index contributed by atoms with van der Waals surface area (Å²) in [6.45, 7) is 6.18. The van der Waals surface area contributed by atoms with Gasteiger partial charge < -0.3 is 15.1 Å². The molecule has 27 heavy (non-hydrogen) atoms. The second-order valence-corrected chi connectivity index (χ2v) is 7.89. The summed E-state index contributed by atoms with van der Waals surface area (Å²) in [7, 11) is 4.20. The quantitative estimate of drug-likeness (QED) is 0.722. The van der Waals surface area contributed by atoms with Gasteiger partial charge in [-0.15, -0.1) is 0 Å². The predicted molar refractivity (Wildman–Crippen MR) is 114 cm³/mol. The lowest BCUT2D eigenvalue weighted by molar-refractivity contribution is 0.402. The van der Waals surface area contributed by atoms with Crippen molar-refractivity contribution in [1.29, 1.82) is 0 Å². The van der Waals surface area contributed by atoms with E-state index in [0.29, 0.717) is 0 Å². The molecule has 2 heterocycles. The van der Waals surface area contributed by atoms with Crippen molar-refractivity contribution in [1.82, 2.24) is 14.9 Å². The first kappa shape index (κ1) is 19.6. The van der Waals surface area contributed by atoms with E-state index in [1.807, 2.05) is 0 Å². The first-order chi connectivity index (χ1) is 13.1. The zero-order chi connectivity index (χ0) is 19.1. The summed E-state index contributed by atoms with van der Waals surface area (Å²) in [5.74, 6) is 2.60. The van der Waals surface area contributed by atoms with E-state index in [-0.39, 0.29) is 0 Å². The Morgan fingerprint density at radius 1 is 1.11 bits per heavy atom. The van der Waals surface area contributed by atoms with Gasteiger partial charge in [0.2, 0.25) is 5.95 Å². The lowest BCUT2D eigenvalue weighted by Gasteiger charge is -2.33. The highest BCUT2D eigenvalue weighted by molar-refractivity contribution is 5.45. The minimum absolute atomic E-state index is 0.759. The molecule has 1 N–H and O–H groups in total. The molecule has 3 rings (SSSR count). The van der Waals surface area contributed by atoms with Crippen molar-refractivity contribution >= 4 is 11.8 Å². The Balaban J connectivity index is 1.52. The monoisotopic (exact) mass is 367 g/mol. The molecule has 1 aromatic heterocycles. The van der Waals surface area contributed by atoms with Crippen LogP contribution in [0, 0.1) is 12.8 Å². The van der Waals surface area contributed by atoms with Gasteiger partial charge >= 0.3 is 0 Å². The van der Waals surface area contributed by atoms with Crippen LogP contribution in [0.5, 0.6) is 0 Å². The number of hydrogen-bond acceptors (Lipinski definition) is 5. The molecule has 1 fully saturated rings. The van der Waals surface area contributed by atoms with Crippen LogP contribution in [0.4, 0.5) is 11.8 Å². The van der Waals surface area contributed by atoms with Crippen LogP contribution in [0.15, 0.2) is 36.4 Å². The van der Waals surface area contributed by atoms with Crippen LogP contribution in [0.2, 0.25) is 0 Å². The third kappa shape index (κ3) is 6.21. The van der Waals surface area contributed by atoms with Crippen molar-refractivity contribution in [2.75, 3.05) is 50.5 Å². The maximum atomic E-state index is 4.77. The average molecular weight is 368 g/mol. The minimum atomic E-state index is 0.759. The highest BCUT2D eigenvalue weighted by atomic mass is 15.2. The summed E-state index contributed by atoms with van der Waals surface area (Å²) < 4.78 is 0. The van der Waals surface area contributed by atoms with Gasteiger partial charge in [-0.25, -0.2) is 4.98 Å². The van der Waals surface area contributed by atoms with Gasteiger partial charge in [0.1, 0.15) is 5.82 Å². The van der Waals surface area contributed by atoms with Gasteiger partial charge in [-0.05, 0) is 64.7 Å². The van der Waals surface area contributed by atoms with E-state index in [0.717, 1.165) is 56.0 Å². The molecule has 0 aliphatic carbocycles. The number of nitrogens with zero attached hydrogens (tertiary/aromatic N) is 4. The second-order valence-electron chi connectivity index (χ2n) is 7.89. The zero-order valence-corrected chi connectivity index (χ0v) is 17.0. The SMILES string of the molecule is Cc1cc(N2CCC(Cc3ccccc3)CC2)nc(NCCCN(C)C)n1. The summed E-state index contributed by atoms with van der Waals surface area (Å²) in [4.78, 5) is 13.9. The molecule has 0 saturated carbocycles. The highest BCUT2D eigenvalue weighted by Gasteiger charge is 2.21. The number of aromatic nitrogens is 2. The van der Waals surface area contributed by atoms with Crippen molar-refractivity contribution in [3.63, 3.8) is 0 Å². The van der Waals surface area contributed by atoms with Gasteiger partial charge in [0, 0.05) is 31.4 Å². The predicted octanol–water partition coefficient (Wildman–Crippen LogP) is 3.61. The van der Waals surface area contributed by atoms with Crippen LogP contribution in [-0.2, 0) is 6.42 Å². The molecular formula is C22H33N5. The fourth-order valence-electron chi connectivity index (χ4n) is 3.70. The zero-order valence-electron chi connectivity index (χ0n) is 17.0. The Morgan fingerprint density at radius 2 is 1.85 bits per heavy atom. The molecule has 0 bridgehead atoms. The fourth-order valence-corrected chi connectivity index (χ4v) is 3.70. The molecule has 0 atom stereocenters. The summed E-state index contributed by atoms with van der Waals surface area (Å²) >= 11 is 0. The molecule has 1 aliphatic rings. The summed E-state index contributed by atoms with van der Waals surface area (Å²) in [6.07, 6.45) is 4.73. The average Bonchev–Trinajstić information content (AvgIpc) is 2.66. The van der Waals surface area contributed by atoms with E-state index in [1.165, 1.54) is 24.8 Å². The lowest BCUT2D eigenvalue weighted by Crippen LogP contribution is -2.35. The maximum Gasteiger partial charge on any atom is 0.224 e. The topological polar surface area (TPSA) is 44.3 Å². The first-order valence-electron chi connectivity index (χ1n) is 10.1. The molecular weight excluding hydrogens is 334 g/mol. The molecule has 1 saturated heterocycles. The fraction of sp³-hybridized carbons (Fsp3) is 0.545. The highest BCUT2D eigenvalue weighted by Crippen LogP contribution is 2.25. The molecule has 5 nitrogen and oxygen atoms in total. The van der Waals surface area contributed by atoms with Gasteiger partial charge in [-0.3, -0.25) is 0 Å². The number of hydrogen-bond donors (Lipinski definition) is 1. The Kier molecular flexibility index (Phi) is 7.04. The number of benzene rings is 1. The molecule has 1 aromatic carbocycles. The molecule has 0 amide bonds. The van der Waals surface area contributed by atoms with Crippen LogP contribution in [-0.4, -0.2) is 55.1 Å². The number of piperidine rings is 1. The molecule has 2 aromatic rings. The van der Waals surface area contributed by atoms with E-state index in [1.54, 1.807) is 0 Å². The van der Waals surface area contributed by atoms with Crippen LogP contribution >= 0.6 is 0 Å². The Hall–Kier alpha value is -2.14. The number of rotatable bonds is 8. The van der Waals surface area contributed by atoms with Crippen molar-refractivity contribution in [2.24, 2.45) is 5.92 Å². The molecule has 146 valence electrons. The molecule has 5 heteroatoms. The van der Waals surface area contributed by atoms with Gasteiger partial charge in [-0.1, -0.05) is 30.3 Å². The molecule has 1 aliphatic heterocycles. The number of aryl methyl sites for hydroxylation is 1. The van der Waals surface area contributed by atoms with Crippen LogP contribution in [0.25, 0.3) is 0 Å². The molecule has 0 spiro atoms. The smallest absolute Gasteiger partial charge is 0.224 e. The van der Waals surface area contributed by atoms with Gasteiger partial charge in [0.05, 0.1) is 0 Å². The van der Waals surface area contributed by atoms with Crippen molar-refractivity contribution in [3.8, 4) is 0 Å². The van der Waals surface area contributed by atoms with Crippen molar-refractivity contribution in [2.45, 2.75) is 32.6 Å². The van der Waals surface area contributed by atoms with E-state index < -0.39 is 0 Å². The van der Waals surface area contributed by atoms with Gasteiger partial charge in [-0.2, -0.15) is 4.98 Å². The van der Waals surface area contributed by atoms with Crippen molar-refractivity contribution < 1.29 is 0 Å². The van der Waals surface area contributed by atoms with E-state index in [4.69, 9.17) is 4.98 Å². The molecule has 0 unspecified atom stereocenters. The normalized spacial score (nSPS) is 15.3. The third-order valence-electron chi connectivity index (χ3n) is 5.21. The van der Waals surface area contributed by atoms with E-state index >= 15 is 0 Å². The van der Waals surface area contributed by atoms with Gasteiger partial charge in [0.15, 0.2) is 0 Å². The second kappa shape index (κ2) is 9.70. The summed E-state index contributed by atoms with van der Waals surface area (Å²) in [6, 6.07) is 13.0. The third-order valence-corrected chi connectivity index (χ3v) is 5.21. The first-order valence-corrected chi connectivity index (χ1v) is 10.1. The number of nitrogens with one attached hydrogen (secondary N) is 1. The Labute approximate surface area is 163 Å². The van der Waals surface area contributed by atoms with Gasteiger partial charge in [0.25, 0.3) is 0 Å². The largest absolute Gasteiger partial charge is 0.356 e. The van der Waals surface area contributed by atoms with E-state index in [2.05, 4.69) is 77.5 Å².